The number of nitrogens with zero attached hydrogens (tertiary/aromatic N) is 3. The minimum Gasteiger partial charge on any atom is -0.341 e. The molecule has 1 aromatic carbocycles. The third-order valence-corrected chi connectivity index (χ3v) is 6.23. The van der Waals surface area contributed by atoms with Gasteiger partial charge in [-0.3, -0.25) is 14.2 Å². The average molecular weight is 382 g/mol. The third kappa shape index (κ3) is 3.67. The highest BCUT2D eigenvalue weighted by atomic mass is 32.1. The number of thiophene rings is 1. The summed E-state index contributed by atoms with van der Waals surface area (Å²) in [6.07, 6.45) is 4.44. The lowest BCUT2D eigenvalue weighted by Crippen LogP contribution is -2.38. The first-order valence-electron chi connectivity index (χ1n) is 9.47. The zero-order chi connectivity index (χ0) is 18.8. The van der Waals surface area contributed by atoms with Crippen molar-refractivity contribution in [3.8, 4) is 10.4 Å². The van der Waals surface area contributed by atoms with Gasteiger partial charge in [0.1, 0.15) is 17.2 Å². The van der Waals surface area contributed by atoms with Gasteiger partial charge in [0.15, 0.2) is 0 Å². The summed E-state index contributed by atoms with van der Waals surface area (Å²) in [4.78, 5) is 34.0. The Labute approximate surface area is 162 Å². The fourth-order valence-corrected chi connectivity index (χ4v) is 4.68. The van der Waals surface area contributed by atoms with Gasteiger partial charge < -0.3 is 4.90 Å². The van der Waals surface area contributed by atoms with Crippen LogP contribution in [-0.4, -0.2) is 33.4 Å². The molecule has 6 heteroatoms. The van der Waals surface area contributed by atoms with Crippen LogP contribution in [0.3, 0.4) is 0 Å². The van der Waals surface area contributed by atoms with Crippen LogP contribution in [0, 0.1) is 6.92 Å². The largest absolute Gasteiger partial charge is 0.341 e. The molecule has 0 atom stereocenters. The molecular formula is C21H23N3O2S. The number of carbonyl (C=O) groups excluding carboxylic acids is 1. The van der Waals surface area contributed by atoms with E-state index in [1.807, 2.05) is 41.3 Å². The van der Waals surface area contributed by atoms with Crippen molar-refractivity contribution in [1.29, 1.82) is 0 Å². The number of carbonyl (C=O) groups is 1. The van der Waals surface area contributed by atoms with Crippen LogP contribution in [0.4, 0.5) is 0 Å². The molecule has 4 rings (SSSR count). The summed E-state index contributed by atoms with van der Waals surface area (Å²) in [6, 6.07) is 11.9. The first-order valence-corrected chi connectivity index (χ1v) is 10.3. The van der Waals surface area contributed by atoms with Crippen molar-refractivity contribution in [1.82, 2.24) is 14.5 Å². The van der Waals surface area contributed by atoms with E-state index in [1.165, 1.54) is 28.7 Å². The SMILES string of the molecule is Cc1nc2sc(-c3ccccc3)cc2c(=O)n1CC(=O)N1CCCCCC1. The van der Waals surface area contributed by atoms with Gasteiger partial charge in [-0.2, -0.15) is 0 Å². The van der Waals surface area contributed by atoms with Crippen LogP contribution in [0.15, 0.2) is 41.2 Å². The monoisotopic (exact) mass is 381 g/mol. The molecule has 1 amide bonds. The van der Waals surface area contributed by atoms with Crippen LogP contribution in [0.25, 0.3) is 20.7 Å². The Morgan fingerprint density at radius 3 is 2.52 bits per heavy atom. The minimum absolute atomic E-state index is 0.0155. The molecule has 0 unspecified atom stereocenters. The topological polar surface area (TPSA) is 55.2 Å². The molecule has 1 fully saturated rings. The minimum atomic E-state index is -0.126. The van der Waals surface area contributed by atoms with E-state index in [9.17, 15) is 9.59 Å². The van der Waals surface area contributed by atoms with Gasteiger partial charge in [0, 0.05) is 18.0 Å². The summed E-state index contributed by atoms with van der Waals surface area (Å²) in [6.45, 7) is 3.46. The molecule has 0 radical (unpaired) electrons. The van der Waals surface area contributed by atoms with Gasteiger partial charge in [-0.15, -0.1) is 11.3 Å². The lowest BCUT2D eigenvalue weighted by molar-refractivity contribution is -0.131. The summed E-state index contributed by atoms with van der Waals surface area (Å²) < 4.78 is 1.52. The molecule has 0 spiro atoms. The number of hydrogen-bond donors (Lipinski definition) is 0. The predicted octanol–water partition coefficient (Wildman–Crippen LogP) is 3.84. The highest BCUT2D eigenvalue weighted by Gasteiger charge is 2.19. The van der Waals surface area contributed by atoms with E-state index in [2.05, 4.69) is 4.98 Å². The molecule has 0 saturated carbocycles. The normalized spacial score (nSPS) is 15.1. The molecule has 3 heterocycles. The zero-order valence-corrected chi connectivity index (χ0v) is 16.3. The summed E-state index contributed by atoms with van der Waals surface area (Å²) >= 11 is 1.52. The summed E-state index contributed by atoms with van der Waals surface area (Å²) in [7, 11) is 0. The maximum absolute atomic E-state index is 13.0. The van der Waals surface area contributed by atoms with E-state index in [1.54, 1.807) is 6.92 Å². The molecule has 1 aliphatic rings. The van der Waals surface area contributed by atoms with Crippen LogP contribution in [0.2, 0.25) is 0 Å². The van der Waals surface area contributed by atoms with Crippen LogP contribution < -0.4 is 5.56 Å². The maximum Gasteiger partial charge on any atom is 0.262 e. The quantitative estimate of drug-likeness (QED) is 0.693. The van der Waals surface area contributed by atoms with Gasteiger partial charge >= 0.3 is 0 Å². The Morgan fingerprint density at radius 2 is 1.81 bits per heavy atom. The molecule has 1 aliphatic heterocycles. The number of aromatic nitrogens is 2. The Morgan fingerprint density at radius 1 is 1.11 bits per heavy atom. The maximum atomic E-state index is 13.0. The van der Waals surface area contributed by atoms with Crippen LogP contribution >= 0.6 is 11.3 Å². The molecule has 0 aliphatic carbocycles. The average Bonchev–Trinajstić information content (AvgIpc) is 2.92. The molecule has 140 valence electrons. The number of hydrogen-bond acceptors (Lipinski definition) is 4. The van der Waals surface area contributed by atoms with Gasteiger partial charge in [0.25, 0.3) is 5.56 Å². The van der Waals surface area contributed by atoms with E-state index >= 15 is 0 Å². The molecule has 0 bridgehead atoms. The van der Waals surface area contributed by atoms with E-state index < -0.39 is 0 Å². The lowest BCUT2D eigenvalue weighted by atomic mass is 10.2. The number of likely N-dealkylation sites (tertiary alicyclic amines) is 1. The van der Waals surface area contributed by atoms with E-state index in [0.717, 1.165) is 41.2 Å². The number of aryl methyl sites for hydroxylation is 1. The van der Waals surface area contributed by atoms with Crippen LogP contribution in [-0.2, 0) is 11.3 Å². The van der Waals surface area contributed by atoms with Crippen molar-refractivity contribution >= 4 is 27.5 Å². The zero-order valence-electron chi connectivity index (χ0n) is 15.5. The molecule has 2 aromatic heterocycles. The Kier molecular flexibility index (Phi) is 5.07. The Hall–Kier alpha value is -2.47. The van der Waals surface area contributed by atoms with Crippen LogP contribution in [0.5, 0.6) is 0 Å². The van der Waals surface area contributed by atoms with Crippen molar-refractivity contribution in [2.45, 2.75) is 39.2 Å². The molecule has 1 saturated heterocycles. The van der Waals surface area contributed by atoms with Crippen molar-refractivity contribution in [3.63, 3.8) is 0 Å². The molecule has 0 N–H and O–H groups in total. The lowest BCUT2D eigenvalue weighted by Gasteiger charge is -2.21. The Balaban J connectivity index is 1.67. The van der Waals surface area contributed by atoms with Gasteiger partial charge in [0.05, 0.1) is 5.39 Å². The number of amides is 1. The van der Waals surface area contributed by atoms with Gasteiger partial charge in [-0.05, 0) is 31.4 Å². The smallest absolute Gasteiger partial charge is 0.262 e. The highest BCUT2D eigenvalue weighted by Crippen LogP contribution is 2.30. The molecular weight excluding hydrogens is 358 g/mol. The summed E-state index contributed by atoms with van der Waals surface area (Å²) in [5.74, 6) is 0.610. The van der Waals surface area contributed by atoms with Crippen molar-refractivity contribution in [3.05, 3.63) is 52.6 Å². The molecule has 3 aromatic rings. The third-order valence-electron chi connectivity index (χ3n) is 5.15. The standard InChI is InChI=1S/C21H23N3O2S/c1-15-22-20-17(13-18(27-20)16-9-5-4-6-10-16)21(26)24(15)14-19(25)23-11-7-2-3-8-12-23/h4-6,9-10,13H,2-3,7-8,11-12,14H2,1H3. The second-order valence-corrected chi connectivity index (χ2v) is 8.07. The summed E-state index contributed by atoms with van der Waals surface area (Å²) in [5, 5.41) is 0.591. The van der Waals surface area contributed by atoms with Gasteiger partial charge in [-0.1, -0.05) is 43.2 Å². The van der Waals surface area contributed by atoms with Gasteiger partial charge in [-0.25, -0.2) is 4.98 Å². The first-order chi connectivity index (χ1) is 13.1. The van der Waals surface area contributed by atoms with E-state index in [0.29, 0.717) is 11.2 Å². The fraction of sp³-hybridized carbons (Fsp3) is 0.381. The number of benzene rings is 1. The van der Waals surface area contributed by atoms with Crippen molar-refractivity contribution < 1.29 is 4.79 Å². The second kappa shape index (κ2) is 7.64. The van der Waals surface area contributed by atoms with E-state index in [4.69, 9.17) is 0 Å². The number of rotatable bonds is 3. The highest BCUT2D eigenvalue weighted by molar-refractivity contribution is 7.21. The first kappa shape index (κ1) is 17.9. The Bertz CT molecular complexity index is 1020. The fourth-order valence-electron chi connectivity index (χ4n) is 3.60. The van der Waals surface area contributed by atoms with Crippen molar-refractivity contribution in [2.24, 2.45) is 0 Å². The van der Waals surface area contributed by atoms with Crippen molar-refractivity contribution in [2.75, 3.05) is 13.1 Å². The second-order valence-electron chi connectivity index (χ2n) is 7.04. The number of fused-ring (bicyclic) bond motifs is 1. The summed E-state index contributed by atoms with van der Waals surface area (Å²) in [5.41, 5.74) is 0.948. The van der Waals surface area contributed by atoms with Gasteiger partial charge in [0.2, 0.25) is 5.91 Å². The van der Waals surface area contributed by atoms with Crippen LogP contribution in [0.1, 0.15) is 31.5 Å². The predicted molar refractivity (Wildman–Crippen MR) is 109 cm³/mol. The van der Waals surface area contributed by atoms with E-state index in [-0.39, 0.29) is 18.0 Å². The molecule has 27 heavy (non-hydrogen) atoms. The molecule has 5 nitrogen and oxygen atoms in total.